The highest BCUT2D eigenvalue weighted by Gasteiger charge is 2.29. The SMILES string of the molecule is CCN=C1NC(=O)C(c2cc(C)cc(C)c2)N1. The van der Waals surface area contributed by atoms with Crippen molar-refractivity contribution in [2.24, 2.45) is 4.99 Å². The first-order chi connectivity index (χ1) is 8.10. The lowest BCUT2D eigenvalue weighted by Crippen LogP contribution is -2.25. The lowest BCUT2D eigenvalue weighted by Gasteiger charge is -2.10. The second-order valence-electron chi connectivity index (χ2n) is 4.31. The number of carbonyl (C=O) groups is 1. The predicted octanol–water partition coefficient (Wildman–Crippen LogP) is 1.44. The van der Waals surface area contributed by atoms with Crippen LogP contribution in [0.25, 0.3) is 0 Å². The summed E-state index contributed by atoms with van der Waals surface area (Å²) in [7, 11) is 0. The fourth-order valence-corrected chi connectivity index (χ4v) is 2.08. The minimum atomic E-state index is -0.320. The summed E-state index contributed by atoms with van der Waals surface area (Å²) in [6, 6.07) is 5.83. The van der Waals surface area contributed by atoms with Crippen molar-refractivity contribution in [3.05, 3.63) is 34.9 Å². The number of hydrogen-bond acceptors (Lipinski definition) is 2. The number of benzene rings is 1. The van der Waals surface area contributed by atoms with Gasteiger partial charge in [-0.3, -0.25) is 15.1 Å². The van der Waals surface area contributed by atoms with Gasteiger partial charge in [0.2, 0.25) is 0 Å². The summed E-state index contributed by atoms with van der Waals surface area (Å²) >= 11 is 0. The maximum atomic E-state index is 11.8. The van der Waals surface area contributed by atoms with Gasteiger partial charge in [-0.1, -0.05) is 29.3 Å². The molecule has 1 aliphatic rings. The van der Waals surface area contributed by atoms with Crippen LogP contribution < -0.4 is 10.6 Å². The zero-order valence-corrected chi connectivity index (χ0v) is 10.4. The number of hydrogen-bond donors (Lipinski definition) is 2. The lowest BCUT2D eigenvalue weighted by molar-refractivity contribution is -0.120. The molecule has 2 N–H and O–H groups in total. The summed E-state index contributed by atoms with van der Waals surface area (Å²) < 4.78 is 0. The van der Waals surface area contributed by atoms with Crippen LogP contribution in [0.3, 0.4) is 0 Å². The Kier molecular flexibility index (Phi) is 3.13. The maximum absolute atomic E-state index is 11.8. The van der Waals surface area contributed by atoms with Gasteiger partial charge in [0, 0.05) is 6.54 Å². The molecule has 0 radical (unpaired) electrons. The van der Waals surface area contributed by atoms with Crippen molar-refractivity contribution >= 4 is 11.9 Å². The standard InChI is InChI=1S/C13H17N3O/c1-4-14-13-15-11(12(17)16-13)10-6-8(2)5-9(3)7-10/h5-7,11H,4H2,1-3H3,(H2,14,15,16,17). The van der Waals surface area contributed by atoms with Crippen molar-refractivity contribution in [2.75, 3.05) is 6.54 Å². The second kappa shape index (κ2) is 4.57. The Morgan fingerprint density at radius 2 is 1.88 bits per heavy atom. The van der Waals surface area contributed by atoms with E-state index < -0.39 is 0 Å². The molecule has 1 atom stereocenters. The van der Waals surface area contributed by atoms with Crippen molar-refractivity contribution < 1.29 is 4.79 Å². The zero-order valence-electron chi connectivity index (χ0n) is 10.4. The summed E-state index contributed by atoms with van der Waals surface area (Å²) in [4.78, 5) is 16.0. The monoisotopic (exact) mass is 231 g/mol. The normalized spacial score (nSPS) is 21.5. The first-order valence-electron chi connectivity index (χ1n) is 5.80. The van der Waals surface area contributed by atoms with Crippen LogP contribution in [0.15, 0.2) is 23.2 Å². The predicted molar refractivity (Wildman–Crippen MR) is 67.9 cm³/mol. The van der Waals surface area contributed by atoms with E-state index in [-0.39, 0.29) is 11.9 Å². The molecule has 1 aromatic carbocycles. The van der Waals surface area contributed by atoms with Gasteiger partial charge < -0.3 is 5.32 Å². The topological polar surface area (TPSA) is 53.5 Å². The maximum Gasteiger partial charge on any atom is 0.253 e. The summed E-state index contributed by atoms with van der Waals surface area (Å²) in [5.74, 6) is 0.531. The molecule has 0 spiro atoms. The van der Waals surface area contributed by atoms with Gasteiger partial charge in [0.25, 0.3) is 5.91 Å². The number of nitrogens with one attached hydrogen (secondary N) is 2. The highest BCUT2D eigenvalue weighted by Crippen LogP contribution is 2.19. The number of nitrogens with zero attached hydrogens (tertiary/aromatic N) is 1. The average molecular weight is 231 g/mol. The van der Waals surface area contributed by atoms with E-state index in [2.05, 4.69) is 21.7 Å². The van der Waals surface area contributed by atoms with E-state index in [1.54, 1.807) is 0 Å². The molecule has 1 aliphatic heterocycles. The van der Waals surface area contributed by atoms with Gasteiger partial charge in [0.1, 0.15) is 6.04 Å². The summed E-state index contributed by atoms with van der Waals surface area (Å²) in [5.41, 5.74) is 3.31. The third-order valence-corrected chi connectivity index (χ3v) is 2.68. The fourth-order valence-electron chi connectivity index (χ4n) is 2.08. The Morgan fingerprint density at radius 3 is 2.47 bits per heavy atom. The summed E-state index contributed by atoms with van der Waals surface area (Å²) in [5, 5.41) is 5.84. The van der Waals surface area contributed by atoms with E-state index in [1.165, 1.54) is 0 Å². The van der Waals surface area contributed by atoms with Gasteiger partial charge in [-0.15, -0.1) is 0 Å². The van der Waals surface area contributed by atoms with E-state index in [0.717, 1.165) is 16.7 Å². The first kappa shape index (κ1) is 11.6. The Bertz CT molecular complexity index is 459. The molecule has 4 heteroatoms. The molecule has 0 bridgehead atoms. The van der Waals surface area contributed by atoms with E-state index >= 15 is 0 Å². The molecule has 1 unspecified atom stereocenters. The van der Waals surface area contributed by atoms with E-state index in [9.17, 15) is 4.79 Å². The largest absolute Gasteiger partial charge is 0.340 e. The smallest absolute Gasteiger partial charge is 0.253 e. The third kappa shape index (κ3) is 2.46. The van der Waals surface area contributed by atoms with E-state index in [4.69, 9.17) is 0 Å². The highest BCUT2D eigenvalue weighted by molar-refractivity contribution is 6.06. The second-order valence-corrected chi connectivity index (χ2v) is 4.31. The van der Waals surface area contributed by atoms with Crippen LogP contribution in [0, 0.1) is 13.8 Å². The molecule has 90 valence electrons. The third-order valence-electron chi connectivity index (χ3n) is 2.68. The molecule has 1 aromatic rings. The average Bonchev–Trinajstić information content (AvgIpc) is 2.58. The zero-order chi connectivity index (χ0) is 12.4. The molecule has 1 fully saturated rings. The molecular formula is C13H17N3O. The van der Waals surface area contributed by atoms with Gasteiger partial charge in [-0.2, -0.15) is 0 Å². The number of rotatable bonds is 2. The van der Waals surface area contributed by atoms with Crippen LogP contribution in [0.4, 0.5) is 0 Å². The van der Waals surface area contributed by atoms with E-state index in [1.807, 2.05) is 32.9 Å². The number of guanidine groups is 1. The number of aliphatic imine (C=N–C) groups is 1. The van der Waals surface area contributed by atoms with Gasteiger partial charge >= 0.3 is 0 Å². The number of amides is 1. The van der Waals surface area contributed by atoms with Crippen molar-refractivity contribution in [1.82, 2.24) is 10.6 Å². The molecule has 1 amide bonds. The van der Waals surface area contributed by atoms with Crippen LogP contribution in [-0.2, 0) is 4.79 Å². The van der Waals surface area contributed by atoms with Crippen molar-refractivity contribution in [1.29, 1.82) is 0 Å². The molecule has 0 aromatic heterocycles. The first-order valence-corrected chi connectivity index (χ1v) is 5.80. The molecular weight excluding hydrogens is 214 g/mol. The van der Waals surface area contributed by atoms with Gasteiger partial charge in [-0.25, -0.2) is 0 Å². The summed E-state index contributed by atoms with van der Waals surface area (Å²) in [6.07, 6.45) is 0. The molecule has 1 saturated heterocycles. The molecule has 0 saturated carbocycles. The number of carbonyl (C=O) groups excluding carboxylic acids is 1. The minimum Gasteiger partial charge on any atom is -0.340 e. The minimum absolute atomic E-state index is 0.0396. The van der Waals surface area contributed by atoms with Crippen molar-refractivity contribution in [3.8, 4) is 0 Å². The lowest BCUT2D eigenvalue weighted by atomic mass is 10.0. The van der Waals surface area contributed by atoms with Crippen LogP contribution in [0.5, 0.6) is 0 Å². The molecule has 4 nitrogen and oxygen atoms in total. The van der Waals surface area contributed by atoms with Crippen molar-refractivity contribution in [3.63, 3.8) is 0 Å². The van der Waals surface area contributed by atoms with Crippen LogP contribution in [0.1, 0.15) is 29.7 Å². The van der Waals surface area contributed by atoms with Crippen molar-refractivity contribution in [2.45, 2.75) is 26.8 Å². The van der Waals surface area contributed by atoms with Gasteiger partial charge in [0.05, 0.1) is 0 Å². The van der Waals surface area contributed by atoms with Gasteiger partial charge in [-0.05, 0) is 26.3 Å². The quantitative estimate of drug-likeness (QED) is 0.809. The molecule has 0 aliphatic carbocycles. The number of aryl methyl sites for hydroxylation is 2. The summed E-state index contributed by atoms with van der Waals surface area (Å²) in [6.45, 7) is 6.65. The van der Waals surface area contributed by atoms with Crippen LogP contribution in [-0.4, -0.2) is 18.4 Å². The van der Waals surface area contributed by atoms with Gasteiger partial charge in [0.15, 0.2) is 5.96 Å². The van der Waals surface area contributed by atoms with Crippen LogP contribution in [0.2, 0.25) is 0 Å². The Balaban J connectivity index is 2.29. The Morgan fingerprint density at radius 1 is 1.24 bits per heavy atom. The van der Waals surface area contributed by atoms with E-state index in [0.29, 0.717) is 12.5 Å². The molecule has 17 heavy (non-hydrogen) atoms. The van der Waals surface area contributed by atoms with Crippen LogP contribution >= 0.6 is 0 Å². The fraction of sp³-hybridized carbons (Fsp3) is 0.385. The Labute approximate surface area is 101 Å². The molecule has 1 heterocycles. The highest BCUT2D eigenvalue weighted by atomic mass is 16.2. The Hall–Kier alpha value is -1.84. The molecule has 2 rings (SSSR count).